The van der Waals surface area contributed by atoms with Crippen LogP contribution in [0, 0.1) is 0 Å². The van der Waals surface area contributed by atoms with Crippen molar-refractivity contribution < 1.29 is 9.59 Å². The Morgan fingerprint density at radius 3 is 2.72 bits per heavy atom. The SMILES string of the molecule is O=C(Cc1cccc2ccccc12)Nc1cn(C2CC(NC(=O)c3cccnc3)C2)cn1. The first kappa shape index (κ1) is 19.9. The minimum Gasteiger partial charge on any atom is -0.349 e. The van der Waals surface area contributed by atoms with Crippen molar-refractivity contribution in [3.63, 3.8) is 0 Å². The lowest BCUT2D eigenvalue weighted by atomic mass is 9.86. The van der Waals surface area contributed by atoms with E-state index in [-0.39, 0.29) is 23.9 Å². The predicted octanol–water partition coefficient (Wildman–Crippen LogP) is 3.75. The number of nitrogens with one attached hydrogen (secondary N) is 2. The maximum atomic E-state index is 12.6. The van der Waals surface area contributed by atoms with Crippen molar-refractivity contribution in [2.45, 2.75) is 31.3 Å². The van der Waals surface area contributed by atoms with Gasteiger partial charge in [-0.1, -0.05) is 42.5 Å². The number of amides is 2. The zero-order chi connectivity index (χ0) is 21.9. The third-order valence-corrected chi connectivity index (χ3v) is 5.89. The molecule has 5 rings (SSSR count). The highest BCUT2D eigenvalue weighted by Gasteiger charge is 2.32. The lowest BCUT2D eigenvalue weighted by Crippen LogP contribution is -2.44. The molecule has 0 radical (unpaired) electrons. The molecule has 1 saturated carbocycles. The van der Waals surface area contributed by atoms with Gasteiger partial charge in [-0.3, -0.25) is 14.6 Å². The number of imidazole rings is 1. The van der Waals surface area contributed by atoms with Gasteiger partial charge in [0.15, 0.2) is 5.82 Å². The Morgan fingerprint density at radius 1 is 1.03 bits per heavy atom. The maximum Gasteiger partial charge on any atom is 0.253 e. The molecule has 1 aliphatic rings. The van der Waals surface area contributed by atoms with Crippen molar-refractivity contribution in [2.75, 3.05) is 5.32 Å². The largest absolute Gasteiger partial charge is 0.349 e. The molecule has 0 bridgehead atoms. The lowest BCUT2D eigenvalue weighted by Gasteiger charge is -2.36. The standard InChI is InChI=1S/C25H23N5O2/c31-24(11-18-7-3-6-17-5-1-2-9-22(17)18)29-23-15-30(16-27-23)21-12-20(13-21)28-25(32)19-8-4-10-26-14-19/h1-10,14-16,20-21H,11-13H2,(H,28,32)(H,29,31). The Hall–Kier alpha value is -4.00. The molecule has 0 unspecified atom stereocenters. The first-order valence-corrected chi connectivity index (χ1v) is 10.7. The van der Waals surface area contributed by atoms with Gasteiger partial charge in [0.2, 0.25) is 5.91 Å². The summed E-state index contributed by atoms with van der Waals surface area (Å²) in [4.78, 5) is 33.1. The van der Waals surface area contributed by atoms with Crippen LogP contribution < -0.4 is 10.6 Å². The van der Waals surface area contributed by atoms with Gasteiger partial charge in [0.05, 0.1) is 18.3 Å². The number of hydrogen-bond donors (Lipinski definition) is 2. The number of rotatable bonds is 6. The molecular formula is C25H23N5O2. The highest BCUT2D eigenvalue weighted by molar-refractivity contribution is 5.95. The molecular weight excluding hydrogens is 402 g/mol. The molecule has 4 aromatic rings. The molecule has 2 heterocycles. The van der Waals surface area contributed by atoms with E-state index in [1.807, 2.05) is 53.2 Å². The fourth-order valence-electron chi connectivity index (χ4n) is 4.12. The van der Waals surface area contributed by atoms with E-state index in [1.54, 1.807) is 30.9 Å². The number of carbonyl (C=O) groups is 2. The highest BCUT2D eigenvalue weighted by atomic mass is 16.2. The zero-order valence-corrected chi connectivity index (χ0v) is 17.4. The predicted molar refractivity (Wildman–Crippen MR) is 122 cm³/mol. The molecule has 1 fully saturated rings. The van der Waals surface area contributed by atoms with Crippen molar-refractivity contribution in [1.29, 1.82) is 0 Å². The van der Waals surface area contributed by atoms with Gasteiger partial charge in [-0.15, -0.1) is 0 Å². The number of anilines is 1. The molecule has 0 saturated heterocycles. The molecule has 2 aromatic carbocycles. The molecule has 2 N–H and O–H groups in total. The van der Waals surface area contributed by atoms with Crippen molar-refractivity contribution in [3.8, 4) is 0 Å². The second kappa shape index (κ2) is 8.63. The van der Waals surface area contributed by atoms with Crippen molar-refractivity contribution >= 4 is 28.4 Å². The van der Waals surface area contributed by atoms with E-state index in [4.69, 9.17) is 0 Å². The van der Waals surface area contributed by atoms with Crippen LogP contribution >= 0.6 is 0 Å². The summed E-state index contributed by atoms with van der Waals surface area (Å²) in [6.45, 7) is 0. The molecule has 2 amide bonds. The third-order valence-electron chi connectivity index (χ3n) is 5.89. The number of nitrogens with zero attached hydrogens (tertiary/aromatic N) is 3. The smallest absolute Gasteiger partial charge is 0.253 e. The Kier molecular flexibility index (Phi) is 5.37. The zero-order valence-electron chi connectivity index (χ0n) is 17.4. The quantitative estimate of drug-likeness (QED) is 0.492. The summed E-state index contributed by atoms with van der Waals surface area (Å²) in [5.41, 5.74) is 1.56. The van der Waals surface area contributed by atoms with Gasteiger partial charge in [-0.2, -0.15) is 0 Å². The average Bonchev–Trinajstić information content (AvgIpc) is 3.24. The van der Waals surface area contributed by atoms with Crippen LogP contribution in [0.2, 0.25) is 0 Å². The van der Waals surface area contributed by atoms with Crippen LogP contribution in [0.25, 0.3) is 10.8 Å². The lowest BCUT2D eigenvalue weighted by molar-refractivity contribution is -0.115. The summed E-state index contributed by atoms with van der Waals surface area (Å²) in [6, 6.07) is 17.9. The molecule has 0 atom stereocenters. The fraction of sp³-hybridized carbons (Fsp3) is 0.200. The summed E-state index contributed by atoms with van der Waals surface area (Å²) >= 11 is 0. The highest BCUT2D eigenvalue weighted by Crippen LogP contribution is 2.33. The van der Waals surface area contributed by atoms with Crippen LogP contribution in [-0.2, 0) is 11.2 Å². The number of aromatic nitrogens is 3. The van der Waals surface area contributed by atoms with E-state index >= 15 is 0 Å². The molecule has 7 nitrogen and oxygen atoms in total. The van der Waals surface area contributed by atoms with Crippen LogP contribution in [0.15, 0.2) is 79.5 Å². The van der Waals surface area contributed by atoms with E-state index < -0.39 is 0 Å². The van der Waals surface area contributed by atoms with Gasteiger partial charge in [-0.05, 0) is 41.3 Å². The Bertz CT molecular complexity index is 1260. The first-order chi connectivity index (χ1) is 15.7. The second-order valence-electron chi connectivity index (χ2n) is 8.11. The van der Waals surface area contributed by atoms with Crippen LogP contribution in [0.5, 0.6) is 0 Å². The molecule has 32 heavy (non-hydrogen) atoms. The summed E-state index contributed by atoms with van der Waals surface area (Å²) in [5.74, 6) is 0.341. The number of benzene rings is 2. The van der Waals surface area contributed by atoms with Crippen molar-refractivity contribution in [1.82, 2.24) is 19.9 Å². The minimum absolute atomic E-state index is 0.0955. The molecule has 2 aromatic heterocycles. The summed E-state index contributed by atoms with van der Waals surface area (Å²) in [7, 11) is 0. The van der Waals surface area contributed by atoms with Crippen LogP contribution in [-0.4, -0.2) is 32.4 Å². The third kappa shape index (κ3) is 4.23. The molecule has 1 aliphatic carbocycles. The van der Waals surface area contributed by atoms with Gasteiger partial charge in [0.25, 0.3) is 5.91 Å². The summed E-state index contributed by atoms with van der Waals surface area (Å²) < 4.78 is 2.00. The van der Waals surface area contributed by atoms with E-state index in [0.717, 1.165) is 29.2 Å². The minimum atomic E-state index is -0.103. The molecule has 0 spiro atoms. The maximum absolute atomic E-state index is 12.6. The number of pyridine rings is 1. The Balaban J connectivity index is 1.15. The van der Waals surface area contributed by atoms with Crippen LogP contribution in [0.1, 0.15) is 34.8 Å². The second-order valence-corrected chi connectivity index (χ2v) is 8.11. The Morgan fingerprint density at radius 2 is 1.88 bits per heavy atom. The normalized spacial score (nSPS) is 17.5. The van der Waals surface area contributed by atoms with Gasteiger partial charge in [0, 0.05) is 30.7 Å². The van der Waals surface area contributed by atoms with E-state index in [9.17, 15) is 9.59 Å². The molecule has 160 valence electrons. The van der Waals surface area contributed by atoms with Crippen LogP contribution in [0.3, 0.4) is 0 Å². The van der Waals surface area contributed by atoms with Gasteiger partial charge in [0.1, 0.15) is 0 Å². The number of fused-ring (bicyclic) bond motifs is 1. The average molecular weight is 425 g/mol. The van der Waals surface area contributed by atoms with E-state index in [1.165, 1.54) is 0 Å². The van der Waals surface area contributed by atoms with Crippen molar-refractivity contribution in [2.24, 2.45) is 0 Å². The van der Waals surface area contributed by atoms with Crippen LogP contribution in [0.4, 0.5) is 5.82 Å². The molecule has 7 heteroatoms. The number of hydrogen-bond acceptors (Lipinski definition) is 4. The number of carbonyl (C=O) groups excluding carboxylic acids is 2. The summed E-state index contributed by atoms with van der Waals surface area (Å²) in [6.07, 6.45) is 8.74. The molecule has 0 aliphatic heterocycles. The summed E-state index contributed by atoms with van der Waals surface area (Å²) in [5, 5.41) is 8.14. The van der Waals surface area contributed by atoms with Gasteiger partial charge < -0.3 is 15.2 Å². The Labute approximate surface area is 185 Å². The first-order valence-electron chi connectivity index (χ1n) is 10.7. The van der Waals surface area contributed by atoms with Gasteiger partial charge in [-0.25, -0.2) is 4.98 Å². The van der Waals surface area contributed by atoms with Crippen molar-refractivity contribution in [3.05, 3.63) is 90.6 Å². The monoisotopic (exact) mass is 425 g/mol. The van der Waals surface area contributed by atoms with E-state index in [2.05, 4.69) is 20.6 Å². The van der Waals surface area contributed by atoms with Gasteiger partial charge >= 0.3 is 0 Å². The van der Waals surface area contributed by atoms with E-state index in [0.29, 0.717) is 17.8 Å². The topological polar surface area (TPSA) is 88.9 Å². The fourth-order valence-corrected chi connectivity index (χ4v) is 4.12.